The summed E-state index contributed by atoms with van der Waals surface area (Å²) in [5, 5.41) is 9.40. The van der Waals surface area contributed by atoms with E-state index >= 15 is 0 Å². The van der Waals surface area contributed by atoms with E-state index in [-0.39, 0.29) is 22.2 Å². The Labute approximate surface area is 156 Å². The number of thiophene rings is 1. The first-order chi connectivity index (χ1) is 12.1. The summed E-state index contributed by atoms with van der Waals surface area (Å²) in [7, 11) is -2.68. The number of carbonyl (C=O) groups excluding carboxylic acids is 2. The number of amides is 1. The molecule has 0 fully saturated rings. The van der Waals surface area contributed by atoms with Gasteiger partial charge in [0.25, 0.3) is 5.91 Å². The second-order valence-electron chi connectivity index (χ2n) is 5.85. The van der Waals surface area contributed by atoms with Gasteiger partial charge in [-0.2, -0.15) is 0 Å². The molecule has 140 valence electrons. The second kappa shape index (κ2) is 7.56. The number of nitrogens with one attached hydrogen (secondary N) is 1. The van der Waals surface area contributed by atoms with Gasteiger partial charge in [0.1, 0.15) is 9.77 Å². The Morgan fingerprint density at radius 3 is 2.46 bits per heavy atom. The Bertz CT molecular complexity index is 977. The Hall–Kier alpha value is -2.23. The predicted octanol–water partition coefficient (Wildman–Crippen LogP) is 2.29. The van der Waals surface area contributed by atoms with Gasteiger partial charge in [-0.1, -0.05) is 6.07 Å². The van der Waals surface area contributed by atoms with Crippen molar-refractivity contribution < 1.29 is 22.7 Å². The van der Waals surface area contributed by atoms with Crippen LogP contribution in [0.4, 0.5) is 5.69 Å². The summed E-state index contributed by atoms with van der Waals surface area (Å²) in [4.78, 5) is 24.1. The summed E-state index contributed by atoms with van der Waals surface area (Å²) in [5.74, 6) is -0.949. The van der Waals surface area contributed by atoms with Gasteiger partial charge in [0.05, 0.1) is 13.5 Å². The third kappa shape index (κ3) is 4.12. The van der Waals surface area contributed by atoms with Crippen LogP contribution in [-0.2, 0) is 26.0 Å². The van der Waals surface area contributed by atoms with Crippen LogP contribution >= 0.6 is 11.3 Å². The topological polar surface area (TPSA) is 116 Å². The van der Waals surface area contributed by atoms with Crippen molar-refractivity contribution in [2.75, 3.05) is 12.4 Å². The lowest BCUT2D eigenvalue weighted by atomic mass is 9.95. The zero-order valence-electron chi connectivity index (χ0n) is 14.9. The monoisotopic (exact) mass is 396 g/mol. The van der Waals surface area contributed by atoms with Gasteiger partial charge in [-0.3, -0.25) is 9.59 Å². The molecule has 1 amide bonds. The second-order valence-corrected chi connectivity index (χ2v) is 8.30. The van der Waals surface area contributed by atoms with Crippen LogP contribution in [-0.4, -0.2) is 27.4 Å². The van der Waals surface area contributed by atoms with Crippen molar-refractivity contribution in [2.24, 2.45) is 5.14 Å². The maximum atomic E-state index is 12.6. The number of aryl methyl sites for hydroxylation is 2. The number of methoxy groups -OCH3 is 1. The molecule has 0 saturated heterocycles. The van der Waals surface area contributed by atoms with Gasteiger partial charge in [-0.05, 0) is 54.5 Å². The number of nitrogens with two attached hydrogens (primary N) is 1. The van der Waals surface area contributed by atoms with Crippen LogP contribution in [0.3, 0.4) is 0 Å². The van der Waals surface area contributed by atoms with E-state index < -0.39 is 15.9 Å². The van der Waals surface area contributed by atoms with Crippen molar-refractivity contribution in [3.63, 3.8) is 0 Å². The molecule has 2 aromatic rings. The van der Waals surface area contributed by atoms with E-state index in [9.17, 15) is 18.0 Å². The minimum Gasteiger partial charge on any atom is -0.469 e. The van der Waals surface area contributed by atoms with Crippen LogP contribution in [0.5, 0.6) is 0 Å². The molecule has 1 heterocycles. The molecule has 0 unspecified atom stereocenters. The van der Waals surface area contributed by atoms with E-state index in [2.05, 4.69) is 5.32 Å². The van der Waals surface area contributed by atoms with Crippen LogP contribution in [0, 0.1) is 20.8 Å². The van der Waals surface area contributed by atoms with E-state index in [4.69, 9.17) is 9.88 Å². The highest BCUT2D eigenvalue weighted by Crippen LogP contribution is 2.29. The zero-order chi connectivity index (χ0) is 19.6. The van der Waals surface area contributed by atoms with E-state index in [0.29, 0.717) is 5.69 Å². The van der Waals surface area contributed by atoms with Crippen LogP contribution < -0.4 is 10.5 Å². The largest absolute Gasteiger partial charge is 0.469 e. The lowest BCUT2D eigenvalue weighted by Gasteiger charge is -2.17. The summed E-state index contributed by atoms with van der Waals surface area (Å²) < 4.78 is 27.9. The molecule has 7 nitrogen and oxygen atoms in total. The lowest BCUT2D eigenvalue weighted by Crippen LogP contribution is -2.19. The highest BCUT2D eigenvalue weighted by Gasteiger charge is 2.23. The summed E-state index contributed by atoms with van der Waals surface area (Å²) in [5.41, 5.74) is 3.74. The summed E-state index contributed by atoms with van der Waals surface area (Å²) in [6.07, 6.45) is 0.0821. The molecule has 0 bridgehead atoms. The Morgan fingerprint density at radius 1 is 1.23 bits per heavy atom. The first kappa shape index (κ1) is 20.1. The maximum absolute atomic E-state index is 12.6. The minimum atomic E-state index is -3.99. The van der Waals surface area contributed by atoms with Gasteiger partial charge >= 0.3 is 5.97 Å². The highest BCUT2D eigenvalue weighted by molar-refractivity contribution is 7.89. The molecular weight excluding hydrogens is 376 g/mol. The average molecular weight is 396 g/mol. The minimum absolute atomic E-state index is 0.0152. The number of esters is 1. The molecule has 9 heteroatoms. The van der Waals surface area contributed by atoms with Gasteiger partial charge in [0.2, 0.25) is 10.0 Å². The van der Waals surface area contributed by atoms with E-state index in [1.54, 1.807) is 6.92 Å². The van der Waals surface area contributed by atoms with Crippen molar-refractivity contribution in [3.8, 4) is 0 Å². The molecule has 0 spiro atoms. The average Bonchev–Trinajstić information content (AvgIpc) is 3.05. The van der Waals surface area contributed by atoms with Crippen molar-refractivity contribution in [1.29, 1.82) is 0 Å². The summed E-state index contributed by atoms with van der Waals surface area (Å²) in [6.45, 7) is 5.50. The molecular formula is C17H20N2O5S2. The highest BCUT2D eigenvalue weighted by atomic mass is 32.2. The van der Waals surface area contributed by atoms with Crippen molar-refractivity contribution >= 4 is 38.9 Å². The van der Waals surface area contributed by atoms with Gasteiger partial charge in [-0.15, -0.1) is 11.3 Å². The van der Waals surface area contributed by atoms with Crippen molar-refractivity contribution in [1.82, 2.24) is 0 Å². The third-order valence-corrected chi connectivity index (χ3v) is 6.06. The number of ether oxygens (including phenoxy) is 1. The number of hydrogen-bond acceptors (Lipinski definition) is 6. The molecule has 0 saturated carbocycles. The SMILES string of the molecule is COC(=O)Cc1c(C)cc(C)c(NC(=O)c2sccc2S(N)(=O)=O)c1C. The molecule has 0 radical (unpaired) electrons. The fraction of sp³-hybridized carbons (Fsp3) is 0.294. The summed E-state index contributed by atoms with van der Waals surface area (Å²) >= 11 is 0.992. The Morgan fingerprint density at radius 2 is 1.88 bits per heavy atom. The maximum Gasteiger partial charge on any atom is 0.309 e. The third-order valence-electron chi connectivity index (χ3n) is 4.06. The molecule has 0 aliphatic carbocycles. The number of anilines is 1. The fourth-order valence-electron chi connectivity index (χ4n) is 2.76. The number of hydrogen-bond donors (Lipinski definition) is 2. The summed E-state index contributed by atoms with van der Waals surface area (Å²) in [6, 6.07) is 3.16. The van der Waals surface area contributed by atoms with Crippen LogP contribution in [0.25, 0.3) is 0 Å². The van der Waals surface area contributed by atoms with E-state index in [0.717, 1.165) is 33.6 Å². The molecule has 2 rings (SSSR count). The number of benzene rings is 1. The van der Waals surface area contributed by atoms with E-state index in [1.165, 1.54) is 18.6 Å². The van der Waals surface area contributed by atoms with Gasteiger partial charge in [-0.25, -0.2) is 13.6 Å². The molecule has 0 aliphatic heterocycles. The number of primary sulfonamides is 1. The van der Waals surface area contributed by atoms with Gasteiger partial charge < -0.3 is 10.1 Å². The molecule has 1 aromatic carbocycles. The van der Waals surface area contributed by atoms with Crippen LogP contribution in [0.1, 0.15) is 31.9 Å². The first-order valence-electron chi connectivity index (χ1n) is 7.64. The predicted molar refractivity (Wildman–Crippen MR) is 100 cm³/mol. The van der Waals surface area contributed by atoms with Crippen LogP contribution in [0.2, 0.25) is 0 Å². The van der Waals surface area contributed by atoms with Crippen LogP contribution in [0.15, 0.2) is 22.4 Å². The quantitative estimate of drug-likeness (QED) is 0.752. The molecule has 3 N–H and O–H groups in total. The zero-order valence-corrected chi connectivity index (χ0v) is 16.5. The smallest absolute Gasteiger partial charge is 0.309 e. The molecule has 0 aliphatic rings. The van der Waals surface area contributed by atoms with E-state index in [1.807, 2.05) is 19.9 Å². The fourth-order valence-corrected chi connectivity index (χ4v) is 4.63. The lowest BCUT2D eigenvalue weighted by molar-refractivity contribution is -0.139. The number of rotatable bonds is 5. The normalized spacial score (nSPS) is 11.3. The number of sulfonamides is 1. The first-order valence-corrected chi connectivity index (χ1v) is 10.1. The van der Waals surface area contributed by atoms with Gasteiger partial charge in [0, 0.05) is 5.69 Å². The molecule has 1 aromatic heterocycles. The standard InChI is InChI=1S/C17H20N2O5S2/c1-9-7-10(2)15(11(3)12(9)8-14(20)24-4)19-17(21)16-13(5-6-25-16)26(18,22)23/h5-7H,8H2,1-4H3,(H,19,21)(H2,18,22,23). The molecule has 0 atom stereocenters. The molecule has 26 heavy (non-hydrogen) atoms. The van der Waals surface area contributed by atoms with Crippen molar-refractivity contribution in [3.05, 3.63) is 44.6 Å². The van der Waals surface area contributed by atoms with Gasteiger partial charge in [0.15, 0.2) is 0 Å². The number of carbonyl (C=O) groups is 2. The van der Waals surface area contributed by atoms with Crippen molar-refractivity contribution in [2.45, 2.75) is 32.1 Å². The Kier molecular flexibility index (Phi) is 5.84. The Balaban J connectivity index is 2.44.